The summed E-state index contributed by atoms with van der Waals surface area (Å²) < 4.78 is 2.46. The van der Waals surface area contributed by atoms with Gasteiger partial charge in [-0.3, -0.25) is 0 Å². The van der Waals surface area contributed by atoms with Crippen LogP contribution in [0.4, 0.5) is 17.1 Å². The average molecular weight is 815 g/mol. The first kappa shape index (κ1) is 37.3. The Labute approximate surface area is 373 Å². The predicted octanol–water partition coefficient (Wildman–Crippen LogP) is 17.2. The van der Waals surface area contributed by atoms with Crippen LogP contribution >= 0.6 is 0 Å². The summed E-state index contributed by atoms with van der Waals surface area (Å²) in [6, 6.07) is 92.8. The first-order valence-electron chi connectivity index (χ1n) is 22.0. The summed E-state index contributed by atoms with van der Waals surface area (Å²) in [6.45, 7) is 0. The number of anilines is 3. The molecule has 0 saturated heterocycles. The Bertz CT molecular complexity index is 3650. The van der Waals surface area contributed by atoms with E-state index in [4.69, 9.17) is 0 Å². The summed E-state index contributed by atoms with van der Waals surface area (Å²) in [7, 11) is 0. The van der Waals surface area contributed by atoms with Crippen molar-refractivity contribution >= 4 is 60.4 Å². The monoisotopic (exact) mass is 814 g/mol. The Balaban J connectivity index is 1.08. The van der Waals surface area contributed by atoms with Crippen molar-refractivity contribution in [3.05, 3.63) is 255 Å². The lowest BCUT2D eigenvalue weighted by molar-refractivity contribution is 1.19. The van der Waals surface area contributed by atoms with Gasteiger partial charge >= 0.3 is 0 Å². The summed E-state index contributed by atoms with van der Waals surface area (Å²) in [5, 5.41) is 7.45. The van der Waals surface area contributed by atoms with Crippen LogP contribution in [0.5, 0.6) is 0 Å². The van der Waals surface area contributed by atoms with E-state index in [2.05, 4.69) is 264 Å². The molecule has 1 aromatic heterocycles. The van der Waals surface area contributed by atoms with Gasteiger partial charge in [-0.15, -0.1) is 0 Å². The number of rotatable bonds is 8. The molecule has 11 aromatic carbocycles. The van der Waals surface area contributed by atoms with Crippen LogP contribution in [-0.4, -0.2) is 4.57 Å². The lowest BCUT2D eigenvalue weighted by Gasteiger charge is -2.30. The van der Waals surface area contributed by atoms with E-state index in [1.807, 2.05) is 0 Å². The Morgan fingerprint density at radius 3 is 1.64 bits per heavy atom. The Morgan fingerprint density at radius 1 is 0.281 bits per heavy atom. The molecular weight excluding hydrogens is 773 g/mol. The van der Waals surface area contributed by atoms with Gasteiger partial charge in [0, 0.05) is 38.7 Å². The van der Waals surface area contributed by atoms with Crippen LogP contribution in [0.2, 0.25) is 0 Å². The van der Waals surface area contributed by atoms with E-state index in [1.54, 1.807) is 0 Å². The minimum absolute atomic E-state index is 1.08. The second kappa shape index (κ2) is 15.8. The van der Waals surface area contributed by atoms with Gasteiger partial charge in [0.05, 0.1) is 22.4 Å². The van der Waals surface area contributed by atoms with Crippen molar-refractivity contribution < 1.29 is 0 Å². The van der Waals surface area contributed by atoms with E-state index < -0.39 is 0 Å². The maximum absolute atomic E-state index is 2.46. The molecule has 12 rings (SSSR count). The molecule has 0 saturated carbocycles. The molecule has 0 aliphatic carbocycles. The van der Waals surface area contributed by atoms with Crippen molar-refractivity contribution in [1.29, 1.82) is 0 Å². The van der Waals surface area contributed by atoms with E-state index in [0.717, 1.165) is 45.0 Å². The molecule has 0 aliphatic heterocycles. The van der Waals surface area contributed by atoms with Crippen LogP contribution < -0.4 is 4.90 Å². The van der Waals surface area contributed by atoms with Crippen LogP contribution in [0.3, 0.4) is 0 Å². The molecule has 0 fully saturated rings. The van der Waals surface area contributed by atoms with Gasteiger partial charge in [0.15, 0.2) is 0 Å². The third-order valence-corrected chi connectivity index (χ3v) is 12.8. The number of fused-ring (bicyclic) bond motifs is 6. The van der Waals surface area contributed by atoms with Crippen LogP contribution in [0.1, 0.15) is 0 Å². The highest BCUT2D eigenvalue weighted by Gasteiger charge is 2.23. The second-order valence-corrected chi connectivity index (χ2v) is 16.5. The quantitative estimate of drug-likeness (QED) is 0.148. The third kappa shape index (κ3) is 6.44. The molecule has 300 valence electrons. The number of benzene rings is 11. The standard InChI is InChI=1S/C62H42N2/c1-3-17-43(18-4-1)44-33-37-50(38-34-44)63(61-40-36-49(42-58(61)46-19-5-2-6-20-46)53-30-16-23-45-21-7-9-26-52(45)53)59-31-13-11-27-54(59)48-24-15-25-51(41-48)64-60-32-14-12-29-56(60)57-39-35-47-22-8-10-28-55(47)62(57)64/h1-42H. The molecule has 0 spiro atoms. The molecule has 0 radical (unpaired) electrons. The molecule has 12 aromatic rings. The van der Waals surface area contributed by atoms with Crippen molar-refractivity contribution in [1.82, 2.24) is 4.57 Å². The van der Waals surface area contributed by atoms with Crippen molar-refractivity contribution in [2.45, 2.75) is 0 Å². The topological polar surface area (TPSA) is 8.17 Å². The summed E-state index contributed by atoms with van der Waals surface area (Å²) in [6.07, 6.45) is 0. The molecule has 2 heteroatoms. The molecule has 0 amide bonds. The molecule has 0 atom stereocenters. The highest BCUT2D eigenvalue weighted by molar-refractivity contribution is 6.18. The van der Waals surface area contributed by atoms with Crippen molar-refractivity contribution in [3.8, 4) is 50.2 Å². The number of hydrogen-bond donors (Lipinski definition) is 0. The van der Waals surface area contributed by atoms with Gasteiger partial charge in [-0.2, -0.15) is 0 Å². The lowest BCUT2D eigenvalue weighted by Crippen LogP contribution is -2.12. The highest BCUT2D eigenvalue weighted by Crippen LogP contribution is 2.47. The average Bonchev–Trinajstić information content (AvgIpc) is 3.72. The second-order valence-electron chi connectivity index (χ2n) is 16.5. The minimum atomic E-state index is 1.08. The van der Waals surface area contributed by atoms with Gasteiger partial charge in [-0.05, 0) is 98.1 Å². The number of aromatic nitrogens is 1. The Morgan fingerprint density at radius 2 is 0.828 bits per heavy atom. The van der Waals surface area contributed by atoms with E-state index in [1.165, 1.54) is 65.6 Å². The number of hydrogen-bond acceptors (Lipinski definition) is 1. The summed E-state index contributed by atoms with van der Waals surface area (Å²) in [4.78, 5) is 2.46. The van der Waals surface area contributed by atoms with Crippen LogP contribution in [-0.2, 0) is 0 Å². The molecule has 0 bridgehead atoms. The summed E-state index contributed by atoms with van der Waals surface area (Å²) >= 11 is 0. The Kier molecular flexibility index (Phi) is 9.20. The molecule has 1 heterocycles. The first-order valence-corrected chi connectivity index (χ1v) is 22.0. The van der Waals surface area contributed by atoms with Gasteiger partial charge in [-0.1, -0.05) is 206 Å². The van der Waals surface area contributed by atoms with Crippen molar-refractivity contribution in [2.24, 2.45) is 0 Å². The van der Waals surface area contributed by atoms with E-state index in [0.29, 0.717) is 0 Å². The normalized spacial score (nSPS) is 11.4. The van der Waals surface area contributed by atoms with Crippen molar-refractivity contribution in [2.75, 3.05) is 4.90 Å². The van der Waals surface area contributed by atoms with Gasteiger partial charge in [-0.25, -0.2) is 0 Å². The molecule has 2 nitrogen and oxygen atoms in total. The molecular formula is C62H42N2. The number of para-hydroxylation sites is 2. The lowest BCUT2D eigenvalue weighted by atomic mass is 9.93. The van der Waals surface area contributed by atoms with Crippen molar-refractivity contribution in [3.63, 3.8) is 0 Å². The largest absolute Gasteiger partial charge is 0.309 e. The summed E-state index contributed by atoms with van der Waals surface area (Å²) in [5.74, 6) is 0. The van der Waals surface area contributed by atoms with Gasteiger partial charge in [0.25, 0.3) is 0 Å². The van der Waals surface area contributed by atoms with Crippen LogP contribution in [0.15, 0.2) is 255 Å². The molecule has 64 heavy (non-hydrogen) atoms. The minimum Gasteiger partial charge on any atom is -0.309 e. The van der Waals surface area contributed by atoms with E-state index in [-0.39, 0.29) is 0 Å². The van der Waals surface area contributed by atoms with Gasteiger partial charge in [0.1, 0.15) is 0 Å². The Hall–Kier alpha value is -8.46. The molecule has 0 aliphatic rings. The summed E-state index contributed by atoms with van der Waals surface area (Å²) in [5.41, 5.74) is 16.2. The zero-order valence-corrected chi connectivity index (χ0v) is 35.1. The fourth-order valence-electron chi connectivity index (χ4n) is 9.79. The maximum atomic E-state index is 2.46. The first-order chi connectivity index (χ1) is 31.8. The predicted molar refractivity (Wildman–Crippen MR) is 272 cm³/mol. The number of nitrogens with zero attached hydrogens (tertiary/aromatic N) is 2. The van der Waals surface area contributed by atoms with Gasteiger partial charge < -0.3 is 9.47 Å². The van der Waals surface area contributed by atoms with Crippen LogP contribution in [0, 0.1) is 0 Å². The zero-order valence-electron chi connectivity index (χ0n) is 35.1. The molecule has 0 unspecified atom stereocenters. The smallest absolute Gasteiger partial charge is 0.0619 e. The fraction of sp³-hybridized carbons (Fsp3) is 0. The SMILES string of the molecule is c1ccc(-c2ccc(N(c3ccccc3-c3cccc(-n4c5ccccc5c5ccc6ccccc6c54)c3)c3ccc(-c4cccc5ccccc45)cc3-c3ccccc3)cc2)cc1. The fourth-order valence-corrected chi connectivity index (χ4v) is 9.79. The third-order valence-electron chi connectivity index (χ3n) is 12.8. The van der Waals surface area contributed by atoms with E-state index in [9.17, 15) is 0 Å². The zero-order chi connectivity index (χ0) is 42.4. The van der Waals surface area contributed by atoms with Gasteiger partial charge in [0.2, 0.25) is 0 Å². The van der Waals surface area contributed by atoms with E-state index >= 15 is 0 Å². The maximum Gasteiger partial charge on any atom is 0.0619 e. The van der Waals surface area contributed by atoms with Crippen LogP contribution in [0.25, 0.3) is 93.5 Å². The molecule has 0 N–H and O–H groups in total. The highest BCUT2D eigenvalue weighted by atomic mass is 15.1.